The molecule has 2 N–H and O–H groups in total. The van der Waals surface area contributed by atoms with Crippen molar-refractivity contribution in [3.8, 4) is 5.75 Å². The van der Waals surface area contributed by atoms with Crippen LogP contribution in [0.5, 0.6) is 5.75 Å². The molecule has 0 aliphatic rings. The number of hydrogen-bond acceptors (Lipinski definition) is 2. The Balaban J connectivity index is 2.21. The van der Waals surface area contributed by atoms with Crippen LogP contribution in [0.1, 0.15) is 22.7 Å². The quantitative estimate of drug-likeness (QED) is 0.928. The second kappa shape index (κ2) is 6.01. The van der Waals surface area contributed by atoms with Gasteiger partial charge in [0.15, 0.2) is 11.6 Å². The van der Waals surface area contributed by atoms with Gasteiger partial charge in [0, 0.05) is 6.04 Å². The lowest BCUT2D eigenvalue weighted by atomic mass is 9.96. The van der Waals surface area contributed by atoms with E-state index in [-0.39, 0.29) is 11.6 Å². The van der Waals surface area contributed by atoms with Crippen LogP contribution in [-0.2, 0) is 6.42 Å². The van der Waals surface area contributed by atoms with Gasteiger partial charge in [0.2, 0.25) is 0 Å². The minimum absolute atomic E-state index is 0.183. The maximum Gasteiger partial charge on any atom is 0.165 e. The zero-order valence-electron chi connectivity index (χ0n) is 11.5. The summed E-state index contributed by atoms with van der Waals surface area (Å²) in [5.41, 5.74) is 8.53. The van der Waals surface area contributed by atoms with Gasteiger partial charge in [-0.05, 0) is 54.3 Å². The van der Waals surface area contributed by atoms with Crippen molar-refractivity contribution in [2.45, 2.75) is 19.4 Å². The summed E-state index contributed by atoms with van der Waals surface area (Å²) in [5.74, 6) is -0.557. The first kappa shape index (κ1) is 14.5. The molecule has 0 aromatic heterocycles. The lowest BCUT2D eigenvalue weighted by Gasteiger charge is -2.15. The van der Waals surface area contributed by atoms with E-state index in [0.717, 1.165) is 11.1 Å². The van der Waals surface area contributed by atoms with Gasteiger partial charge in [-0.1, -0.05) is 12.1 Å². The van der Waals surface area contributed by atoms with E-state index in [9.17, 15) is 8.78 Å². The molecule has 2 aromatic carbocycles. The van der Waals surface area contributed by atoms with Crippen LogP contribution in [0.25, 0.3) is 0 Å². The van der Waals surface area contributed by atoms with Crippen molar-refractivity contribution in [1.29, 1.82) is 0 Å². The minimum Gasteiger partial charge on any atom is -0.494 e. The molecule has 106 valence electrons. The zero-order valence-corrected chi connectivity index (χ0v) is 11.5. The number of nitrogens with two attached hydrogens (primary N) is 1. The summed E-state index contributed by atoms with van der Waals surface area (Å²) in [6, 6.07) is 8.83. The monoisotopic (exact) mass is 277 g/mol. The van der Waals surface area contributed by atoms with Gasteiger partial charge in [0.1, 0.15) is 5.82 Å². The fourth-order valence-corrected chi connectivity index (χ4v) is 2.13. The van der Waals surface area contributed by atoms with Crippen LogP contribution >= 0.6 is 0 Å². The van der Waals surface area contributed by atoms with Crippen LogP contribution in [0.2, 0.25) is 0 Å². The molecule has 0 heterocycles. The molecule has 2 rings (SSSR count). The molecule has 0 amide bonds. The molecule has 4 heteroatoms. The summed E-state index contributed by atoms with van der Waals surface area (Å²) in [7, 11) is 1.41. The van der Waals surface area contributed by atoms with Crippen molar-refractivity contribution >= 4 is 0 Å². The van der Waals surface area contributed by atoms with Gasteiger partial charge in [-0.3, -0.25) is 0 Å². The molecule has 0 saturated heterocycles. The minimum atomic E-state index is -0.448. The van der Waals surface area contributed by atoms with Gasteiger partial charge >= 0.3 is 0 Å². The highest BCUT2D eigenvalue weighted by atomic mass is 19.1. The Hall–Kier alpha value is -1.94. The summed E-state index contributed by atoms with van der Waals surface area (Å²) in [4.78, 5) is 0. The number of benzene rings is 2. The Bertz CT molecular complexity index is 613. The van der Waals surface area contributed by atoms with Crippen LogP contribution in [0, 0.1) is 18.6 Å². The molecule has 20 heavy (non-hydrogen) atoms. The fourth-order valence-electron chi connectivity index (χ4n) is 2.13. The standard InChI is InChI=1S/C16H17F2NO/c1-10-3-5-13(17)7-12(10)9-15(19)11-4-6-16(20-2)14(18)8-11/h3-8,15H,9,19H2,1-2H3. The van der Waals surface area contributed by atoms with Gasteiger partial charge in [-0.25, -0.2) is 8.78 Å². The largest absolute Gasteiger partial charge is 0.494 e. The SMILES string of the molecule is COc1ccc(C(N)Cc2cc(F)ccc2C)cc1F. The summed E-state index contributed by atoms with van der Waals surface area (Å²) in [6.07, 6.45) is 0.454. The first-order chi connectivity index (χ1) is 9.51. The summed E-state index contributed by atoms with van der Waals surface area (Å²) < 4.78 is 31.8. The van der Waals surface area contributed by atoms with Gasteiger partial charge in [-0.15, -0.1) is 0 Å². The number of ether oxygens (including phenoxy) is 1. The number of methoxy groups -OCH3 is 1. The Labute approximate surface area is 117 Å². The second-order valence-electron chi connectivity index (χ2n) is 4.78. The molecule has 0 fully saturated rings. The first-order valence-electron chi connectivity index (χ1n) is 6.35. The predicted molar refractivity (Wildman–Crippen MR) is 74.7 cm³/mol. The predicted octanol–water partition coefficient (Wildman–Crippen LogP) is 3.52. The third-order valence-electron chi connectivity index (χ3n) is 3.36. The molecule has 2 nitrogen and oxygen atoms in total. The molecular weight excluding hydrogens is 260 g/mol. The van der Waals surface area contributed by atoms with Crippen molar-refractivity contribution < 1.29 is 13.5 Å². The van der Waals surface area contributed by atoms with Crippen molar-refractivity contribution in [3.05, 3.63) is 64.7 Å². The van der Waals surface area contributed by atoms with Crippen LogP contribution in [0.4, 0.5) is 8.78 Å². The van der Waals surface area contributed by atoms with Crippen molar-refractivity contribution in [1.82, 2.24) is 0 Å². The Morgan fingerprint density at radius 1 is 1.15 bits per heavy atom. The van der Waals surface area contributed by atoms with E-state index in [1.807, 2.05) is 6.92 Å². The smallest absolute Gasteiger partial charge is 0.165 e. The molecule has 1 unspecified atom stereocenters. The average molecular weight is 277 g/mol. The maximum atomic E-state index is 13.7. The third-order valence-corrected chi connectivity index (χ3v) is 3.36. The lowest BCUT2D eigenvalue weighted by Crippen LogP contribution is -2.14. The van der Waals surface area contributed by atoms with Crippen LogP contribution < -0.4 is 10.5 Å². The van der Waals surface area contributed by atoms with Crippen molar-refractivity contribution in [3.63, 3.8) is 0 Å². The summed E-state index contributed by atoms with van der Waals surface area (Å²) in [6.45, 7) is 1.90. The van der Waals surface area contributed by atoms with Gasteiger partial charge < -0.3 is 10.5 Å². The molecule has 0 bridgehead atoms. The number of aryl methyl sites for hydroxylation is 1. The van der Waals surface area contributed by atoms with Gasteiger partial charge in [-0.2, -0.15) is 0 Å². The lowest BCUT2D eigenvalue weighted by molar-refractivity contribution is 0.386. The highest BCUT2D eigenvalue weighted by Gasteiger charge is 2.12. The fraction of sp³-hybridized carbons (Fsp3) is 0.250. The molecule has 1 atom stereocenters. The van der Waals surface area contributed by atoms with E-state index in [0.29, 0.717) is 12.0 Å². The number of halogens is 2. The highest BCUT2D eigenvalue weighted by Crippen LogP contribution is 2.24. The van der Waals surface area contributed by atoms with Gasteiger partial charge in [0.25, 0.3) is 0 Å². The highest BCUT2D eigenvalue weighted by molar-refractivity contribution is 5.33. The normalized spacial score (nSPS) is 12.2. The topological polar surface area (TPSA) is 35.2 Å². The zero-order chi connectivity index (χ0) is 14.7. The molecular formula is C16H17F2NO. The van der Waals surface area contributed by atoms with Gasteiger partial charge in [0.05, 0.1) is 7.11 Å². The van der Waals surface area contributed by atoms with Crippen LogP contribution in [-0.4, -0.2) is 7.11 Å². The third kappa shape index (κ3) is 3.14. The average Bonchev–Trinajstić information content (AvgIpc) is 2.42. The van der Waals surface area contributed by atoms with E-state index < -0.39 is 11.9 Å². The molecule has 0 radical (unpaired) electrons. The Kier molecular flexibility index (Phi) is 4.35. The van der Waals surface area contributed by atoms with Crippen LogP contribution in [0.15, 0.2) is 36.4 Å². The van der Waals surface area contributed by atoms with Crippen molar-refractivity contribution in [2.24, 2.45) is 5.73 Å². The van der Waals surface area contributed by atoms with E-state index in [1.165, 1.54) is 25.3 Å². The molecule has 0 spiro atoms. The Morgan fingerprint density at radius 2 is 1.90 bits per heavy atom. The van der Waals surface area contributed by atoms with E-state index in [2.05, 4.69) is 0 Å². The summed E-state index contributed by atoms with van der Waals surface area (Å²) >= 11 is 0. The number of rotatable bonds is 4. The Morgan fingerprint density at radius 3 is 2.55 bits per heavy atom. The summed E-state index contributed by atoms with van der Waals surface area (Å²) in [5, 5.41) is 0. The van der Waals surface area contributed by atoms with E-state index in [4.69, 9.17) is 10.5 Å². The van der Waals surface area contributed by atoms with Crippen molar-refractivity contribution in [2.75, 3.05) is 7.11 Å². The molecule has 2 aromatic rings. The van der Waals surface area contributed by atoms with E-state index in [1.54, 1.807) is 18.2 Å². The second-order valence-corrected chi connectivity index (χ2v) is 4.78. The molecule has 0 aliphatic carbocycles. The molecule has 0 aliphatic heterocycles. The maximum absolute atomic E-state index is 13.7. The molecule has 0 saturated carbocycles. The van der Waals surface area contributed by atoms with E-state index >= 15 is 0 Å². The van der Waals surface area contributed by atoms with Crippen LogP contribution in [0.3, 0.4) is 0 Å². The first-order valence-corrected chi connectivity index (χ1v) is 6.35. The number of hydrogen-bond donors (Lipinski definition) is 1.